The number of methoxy groups -OCH3 is 1. The number of anilines is 1. The van der Waals surface area contributed by atoms with Crippen LogP contribution in [-0.4, -0.2) is 36.1 Å². The molecule has 0 radical (unpaired) electrons. The number of hydrogen-bond donors (Lipinski definition) is 0. The molecule has 0 atom stereocenters. The number of alkyl halides is 2. The quantitative estimate of drug-likeness (QED) is 0.344. The zero-order valence-corrected chi connectivity index (χ0v) is 16.9. The van der Waals surface area contributed by atoms with Gasteiger partial charge in [0.1, 0.15) is 5.56 Å². The first-order valence-electron chi connectivity index (χ1n) is 9.08. The van der Waals surface area contributed by atoms with Gasteiger partial charge in [-0.15, -0.1) is 17.9 Å². The number of rotatable bonds is 8. The molecule has 11 heteroatoms. The predicted molar refractivity (Wildman–Crippen MR) is 107 cm³/mol. The summed E-state index contributed by atoms with van der Waals surface area (Å²) in [7, 11) is 1.18. The maximum Gasteiger partial charge on any atom is 0.387 e. The van der Waals surface area contributed by atoms with E-state index < -0.39 is 28.9 Å². The maximum absolute atomic E-state index is 13.3. The number of amides is 1. The SMILES string of the molecule is C=CCN(C(=O)c1cc(OC)c(OC(F)F)cc1[N+](=O)[O-])c1nc2c(s1)CCCC2. The monoisotopic (exact) mass is 439 g/mol. The summed E-state index contributed by atoms with van der Waals surface area (Å²) in [5, 5.41) is 12.0. The first-order valence-corrected chi connectivity index (χ1v) is 9.90. The lowest BCUT2D eigenvalue weighted by Gasteiger charge is -2.19. The summed E-state index contributed by atoms with van der Waals surface area (Å²) in [4.78, 5) is 30.9. The van der Waals surface area contributed by atoms with Crippen LogP contribution < -0.4 is 14.4 Å². The van der Waals surface area contributed by atoms with Gasteiger partial charge in [-0.3, -0.25) is 19.8 Å². The molecule has 8 nitrogen and oxygen atoms in total. The second-order valence-corrected chi connectivity index (χ2v) is 7.50. The van der Waals surface area contributed by atoms with Gasteiger partial charge in [0, 0.05) is 17.5 Å². The van der Waals surface area contributed by atoms with E-state index >= 15 is 0 Å². The number of ether oxygens (including phenoxy) is 2. The van der Waals surface area contributed by atoms with Gasteiger partial charge in [0.2, 0.25) is 0 Å². The number of aryl methyl sites for hydroxylation is 2. The third-order valence-electron chi connectivity index (χ3n) is 4.55. The van der Waals surface area contributed by atoms with Crippen molar-refractivity contribution in [1.29, 1.82) is 0 Å². The Balaban J connectivity index is 2.06. The molecule has 2 aromatic rings. The molecule has 1 amide bonds. The van der Waals surface area contributed by atoms with Crippen molar-refractivity contribution >= 4 is 28.1 Å². The lowest BCUT2D eigenvalue weighted by molar-refractivity contribution is -0.385. The molecule has 0 unspecified atom stereocenters. The van der Waals surface area contributed by atoms with Crippen LogP contribution in [0.25, 0.3) is 0 Å². The van der Waals surface area contributed by atoms with Gasteiger partial charge in [-0.05, 0) is 25.7 Å². The Morgan fingerprint density at radius 2 is 2.13 bits per heavy atom. The number of nitro benzene ring substituents is 1. The number of hydrogen-bond acceptors (Lipinski definition) is 7. The summed E-state index contributed by atoms with van der Waals surface area (Å²) in [6, 6.07) is 1.79. The fourth-order valence-electron chi connectivity index (χ4n) is 3.20. The summed E-state index contributed by atoms with van der Waals surface area (Å²) in [5.41, 5.74) is -0.0730. The molecule has 0 fully saturated rings. The van der Waals surface area contributed by atoms with Gasteiger partial charge in [-0.25, -0.2) is 4.98 Å². The van der Waals surface area contributed by atoms with Crippen LogP contribution in [-0.2, 0) is 12.8 Å². The summed E-state index contributed by atoms with van der Waals surface area (Å²) in [6.45, 7) is 0.503. The smallest absolute Gasteiger partial charge is 0.387 e. The fraction of sp³-hybridized carbons (Fsp3) is 0.368. The van der Waals surface area contributed by atoms with Crippen LogP contribution in [0.1, 0.15) is 33.8 Å². The van der Waals surface area contributed by atoms with Gasteiger partial charge in [-0.2, -0.15) is 8.78 Å². The minimum atomic E-state index is -3.21. The molecular formula is C19H19F2N3O5S. The summed E-state index contributed by atoms with van der Waals surface area (Å²) < 4.78 is 34.6. The third-order valence-corrected chi connectivity index (χ3v) is 5.73. The number of benzene rings is 1. The van der Waals surface area contributed by atoms with E-state index in [9.17, 15) is 23.7 Å². The highest BCUT2D eigenvalue weighted by Gasteiger charge is 2.31. The predicted octanol–water partition coefficient (Wildman–Crippen LogP) is 4.37. The normalized spacial score (nSPS) is 12.9. The van der Waals surface area contributed by atoms with Crippen LogP contribution in [0.4, 0.5) is 19.6 Å². The first-order chi connectivity index (χ1) is 14.3. The molecule has 0 saturated carbocycles. The molecule has 1 heterocycles. The highest BCUT2D eigenvalue weighted by molar-refractivity contribution is 7.16. The summed E-state index contributed by atoms with van der Waals surface area (Å²) in [6.07, 6.45) is 5.22. The second-order valence-electron chi connectivity index (χ2n) is 6.43. The van der Waals surface area contributed by atoms with Crippen molar-refractivity contribution in [3.63, 3.8) is 0 Å². The topological polar surface area (TPSA) is 94.8 Å². The minimum Gasteiger partial charge on any atom is -0.493 e. The molecule has 1 aliphatic carbocycles. The molecule has 0 N–H and O–H groups in total. The number of halogens is 2. The van der Waals surface area contributed by atoms with Gasteiger partial charge < -0.3 is 9.47 Å². The summed E-state index contributed by atoms with van der Waals surface area (Å²) in [5.74, 6) is -1.47. The number of fused-ring (bicyclic) bond motifs is 1. The molecule has 30 heavy (non-hydrogen) atoms. The largest absolute Gasteiger partial charge is 0.493 e. The van der Waals surface area contributed by atoms with Gasteiger partial charge in [0.25, 0.3) is 11.6 Å². The van der Waals surface area contributed by atoms with E-state index in [0.717, 1.165) is 48.4 Å². The number of carbonyl (C=O) groups excluding carboxylic acids is 1. The van der Waals surface area contributed by atoms with E-state index in [1.165, 1.54) is 29.4 Å². The Bertz CT molecular complexity index is 956. The highest BCUT2D eigenvalue weighted by atomic mass is 32.1. The van der Waals surface area contributed by atoms with E-state index in [1.54, 1.807) is 0 Å². The molecule has 0 spiro atoms. The lowest BCUT2D eigenvalue weighted by Crippen LogP contribution is -2.31. The molecule has 160 valence electrons. The van der Waals surface area contributed by atoms with E-state index in [0.29, 0.717) is 5.13 Å². The van der Waals surface area contributed by atoms with Gasteiger partial charge >= 0.3 is 6.61 Å². The molecule has 1 aliphatic rings. The zero-order chi connectivity index (χ0) is 21.8. The Morgan fingerprint density at radius 3 is 2.73 bits per heavy atom. The number of carbonyl (C=O) groups is 1. The lowest BCUT2D eigenvalue weighted by atomic mass is 10.0. The molecular weight excluding hydrogens is 420 g/mol. The highest BCUT2D eigenvalue weighted by Crippen LogP contribution is 2.38. The van der Waals surface area contributed by atoms with E-state index in [2.05, 4.69) is 16.3 Å². The van der Waals surface area contributed by atoms with Crippen LogP contribution in [0.5, 0.6) is 11.5 Å². The molecule has 0 saturated heterocycles. The Hall–Kier alpha value is -3.08. The van der Waals surface area contributed by atoms with Crippen molar-refractivity contribution in [2.45, 2.75) is 32.3 Å². The van der Waals surface area contributed by atoms with Gasteiger partial charge in [0.15, 0.2) is 16.6 Å². The van der Waals surface area contributed by atoms with Crippen molar-refractivity contribution in [3.8, 4) is 11.5 Å². The number of nitrogens with zero attached hydrogens (tertiary/aromatic N) is 3. The second kappa shape index (κ2) is 9.16. The molecule has 1 aromatic carbocycles. The van der Waals surface area contributed by atoms with Crippen LogP contribution in [0.15, 0.2) is 24.8 Å². The third kappa shape index (κ3) is 4.40. The van der Waals surface area contributed by atoms with Crippen molar-refractivity contribution in [2.75, 3.05) is 18.6 Å². The van der Waals surface area contributed by atoms with Crippen LogP contribution in [0, 0.1) is 10.1 Å². The van der Waals surface area contributed by atoms with Crippen molar-refractivity contribution in [1.82, 2.24) is 4.98 Å². The van der Waals surface area contributed by atoms with Crippen molar-refractivity contribution < 1.29 is 28.0 Å². The van der Waals surface area contributed by atoms with Crippen molar-refractivity contribution in [3.05, 3.63) is 51.0 Å². The summed E-state index contributed by atoms with van der Waals surface area (Å²) >= 11 is 1.36. The number of nitro groups is 1. The number of thiazole rings is 1. The molecule has 0 aliphatic heterocycles. The van der Waals surface area contributed by atoms with Crippen LogP contribution in [0.3, 0.4) is 0 Å². The van der Waals surface area contributed by atoms with Gasteiger partial charge in [0.05, 0.1) is 23.8 Å². The van der Waals surface area contributed by atoms with E-state index in [4.69, 9.17) is 4.74 Å². The van der Waals surface area contributed by atoms with E-state index in [-0.39, 0.29) is 17.9 Å². The van der Waals surface area contributed by atoms with Gasteiger partial charge in [-0.1, -0.05) is 6.08 Å². The van der Waals surface area contributed by atoms with Crippen LogP contribution in [0.2, 0.25) is 0 Å². The molecule has 0 bridgehead atoms. The fourth-order valence-corrected chi connectivity index (χ4v) is 4.35. The molecule has 1 aromatic heterocycles. The Morgan fingerprint density at radius 1 is 1.40 bits per heavy atom. The Labute approximate surface area is 174 Å². The average Bonchev–Trinajstić information content (AvgIpc) is 3.14. The first kappa shape index (κ1) is 21.6. The number of aromatic nitrogens is 1. The van der Waals surface area contributed by atoms with Crippen molar-refractivity contribution in [2.24, 2.45) is 0 Å². The maximum atomic E-state index is 13.3. The zero-order valence-electron chi connectivity index (χ0n) is 16.1. The van der Waals surface area contributed by atoms with Crippen LogP contribution >= 0.6 is 11.3 Å². The standard InChI is InChI=1S/C19H19F2N3O5S/c1-3-8-23(19-22-12-6-4-5-7-16(12)30-19)17(25)11-9-14(28-2)15(29-18(20)21)10-13(11)24(26)27/h3,9-10,18H,1,4-8H2,2H3. The average molecular weight is 439 g/mol. The molecule has 3 rings (SSSR count). The van der Waals surface area contributed by atoms with E-state index in [1.807, 2.05) is 0 Å². The Kier molecular flexibility index (Phi) is 6.60. The minimum absolute atomic E-state index is 0.0694.